The second-order valence-electron chi connectivity index (χ2n) is 9.49. The van der Waals surface area contributed by atoms with E-state index in [2.05, 4.69) is 21.3 Å². The fraction of sp³-hybridized carbons (Fsp3) is 0.625. The predicted molar refractivity (Wildman–Crippen MR) is 149 cm³/mol. The number of carbonyl (C=O) groups is 5. The Morgan fingerprint density at radius 3 is 2.32 bits per heavy atom. The lowest BCUT2D eigenvalue weighted by molar-refractivity contribution is -0.153. The Morgan fingerprint density at radius 2 is 1.68 bits per heavy atom. The van der Waals surface area contributed by atoms with Gasteiger partial charge in [-0.15, -0.1) is 0 Å². The van der Waals surface area contributed by atoms with Crippen molar-refractivity contribution in [3.8, 4) is 0 Å². The van der Waals surface area contributed by atoms with Crippen LogP contribution in [0.5, 0.6) is 0 Å². The zero-order valence-electron chi connectivity index (χ0n) is 22.1. The van der Waals surface area contributed by atoms with Gasteiger partial charge >= 0.3 is 5.97 Å². The van der Waals surface area contributed by atoms with Crippen molar-refractivity contribution >= 4 is 60.0 Å². The van der Waals surface area contributed by atoms with Crippen molar-refractivity contribution in [3.63, 3.8) is 0 Å². The molecule has 0 aromatic rings. The van der Waals surface area contributed by atoms with Crippen molar-refractivity contribution in [3.05, 3.63) is 23.9 Å². The van der Waals surface area contributed by atoms with Gasteiger partial charge in [0.05, 0.1) is 22.0 Å². The Kier molecular flexibility index (Phi) is 12.9. The first kappa shape index (κ1) is 31.9. The Morgan fingerprint density at radius 1 is 1.00 bits per heavy atom. The van der Waals surface area contributed by atoms with Gasteiger partial charge in [0.2, 0.25) is 17.7 Å². The molecule has 1 unspecified atom stereocenters. The van der Waals surface area contributed by atoms with Crippen molar-refractivity contribution in [1.82, 2.24) is 21.3 Å². The molecule has 11 nitrogen and oxygen atoms in total. The molecule has 2 aliphatic heterocycles. The average Bonchev–Trinajstić information content (AvgIpc) is 2.83. The van der Waals surface area contributed by atoms with E-state index in [9.17, 15) is 28.2 Å². The lowest BCUT2D eigenvalue weighted by Gasteiger charge is -2.28. The third-order valence-electron chi connectivity index (χ3n) is 5.70. The summed E-state index contributed by atoms with van der Waals surface area (Å²) in [5.74, 6) is -3.75. The van der Waals surface area contributed by atoms with Crippen LogP contribution in [0.4, 0.5) is 0 Å². The lowest BCUT2D eigenvalue weighted by Crippen LogP contribution is -2.57. The minimum atomic E-state index is -1.55. The molecule has 0 aromatic heterocycles. The van der Waals surface area contributed by atoms with Crippen LogP contribution < -0.4 is 21.3 Å². The molecule has 5 atom stereocenters. The molecular formula is C24H36N4O7S3. The van der Waals surface area contributed by atoms with E-state index in [0.29, 0.717) is 12.2 Å². The van der Waals surface area contributed by atoms with Crippen LogP contribution in [0.2, 0.25) is 0 Å². The molecule has 4 amide bonds. The molecule has 1 fully saturated rings. The Bertz CT molecular complexity index is 999. The van der Waals surface area contributed by atoms with Gasteiger partial charge in [-0.2, -0.15) is 0 Å². The SMILES string of the molecule is C/C=C1\NC(=O)[C@H]2CS(=O)SSCC/C=C/[C@H](CC(=O)N[C@H](C(C)C)C(=O)N2)OC(=O)[C@H](C(C)C)NC1=O. The molecule has 0 aromatic carbocycles. The fourth-order valence-electron chi connectivity index (χ4n) is 3.58. The standard InChI is InChI=1S/C24H36N4O7S3/c1-6-16-21(30)28-20(14(4)5)24(33)35-15-9-7-8-10-36-37-38(34)12-17(22(31)25-16)26-23(32)19(13(2)3)27-18(29)11-15/h6-7,9,13-15,17,19-20H,8,10-12H2,1-5H3,(H,25,31)(H,26,32)(H,27,29)(H,28,30)/b9-7+,16-6-/t15-,17-,19-,20+,38?/m1/s1. The second kappa shape index (κ2) is 15.3. The van der Waals surface area contributed by atoms with Crippen LogP contribution in [-0.2, 0) is 38.5 Å². The first-order valence-electron chi connectivity index (χ1n) is 12.4. The fourth-order valence-corrected chi connectivity index (χ4v) is 8.02. The highest BCUT2D eigenvalue weighted by Gasteiger charge is 2.34. The maximum Gasteiger partial charge on any atom is 0.329 e. The van der Waals surface area contributed by atoms with Crippen LogP contribution >= 0.6 is 20.6 Å². The molecule has 2 heterocycles. The van der Waals surface area contributed by atoms with Crippen LogP contribution in [0.15, 0.2) is 23.9 Å². The molecule has 0 radical (unpaired) electrons. The number of nitrogens with one attached hydrogen (secondary N) is 4. The number of amides is 4. The zero-order valence-corrected chi connectivity index (χ0v) is 24.6. The van der Waals surface area contributed by atoms with Crippen LogP contribution in [0.3, 0.4) is 0 Å². The summed E-state index contributed by atoms with van der Waals surface area (Å²) in [5.41, 5.74) is -0.140. The van der Waals surface area contributed by atoms with Gasteiger partial charge in [0, 0.05) is 15.6 Å². The van der Waals surface area contributed by atoms with Crippen molar-refractivity contribution in [2.45, 2.75) is 71.7 Å². The first-order valence-corrected chi connectivity index (χ1v) is 16.5. The maximum atomic E-state index is 13.2. The van der Waals surface area contributed by atoms with Gasteiger partial charge in [-0.05, 0) is 31.3 Å². The summed E-state index contributed by atoms with van der Waals surface area (Å²) in [6.45, 7) is 8.45. The number of hydrogen-bond donors (Lipinski definition) is 4. The van der Waals surface area contributed by atoms with Gasteiger partial charge < -0.3 is 26.0 Å². The molecule has 0 saturated carbocycles. The van der Waals surface area contributed by atoms with Crippen LogP contribution in [0.25, 0.3) is 0 Å². The topological polar surface area (TPSA) is 160 Å². The monoisotopic (exact) mass is 588 g/mol. The van der Waals surface area contributed by atoms with Crippen LogP contribution in [-0.4, -0.2) is 69.5 Å². The van der Waals surface area contributed by atoms with E-state index in [0.717, 1.165) is 9.83 Å². The van der Waals surface area contributed by atoms with E-state index in [4.69, 9.17) is 4.74 Å². The van der Waals surface area contributed by atoms with E-state index in [1.807, 2.05) is 0 Å². The predicted octanol–water partition coefficient (Wildman–Crippen LogP) is 1.09. The summed E-state index contributed by atoms with van der Waals surface area (Å²) in [6, 6.07) is -3.32. The molecule has 2 bridgehead atoms. The van der Waals surface area contributed by atoms with Crippen molar-refractivity contribution < 1.29 is 32.9 Å². The summed E-state index contributed by atoms with van der Waals surface area (Å²) in [5, 5.41) is 10.3. The third-order valence-corrected chi connectivity index (χ3v) is 10.8. The van der Waals surface area contributed by atoms with Crippen molar-refractivity contribution in [1.29, 1.82) is 0 Å². The van der Waals surface area contributed by atoms with Gasteiger partial charge in [-0.25, -0.2) is 9.00 Å². The number of esters is 1. The van der Waals surface area contributed by atoms with Crippen LogP contribution in [0, 0.1) is 11.8 Å². The summed E-state index contributed by atoms with van der Waals surface area (Å²) in [6.07, 6.45) is 4.09. The average molecular weight is 589 g/mol. The summed E-state index contributed by atoms with van der Waals surface area (Å²) in [7, 11) is 0.850. The van der Waals surface area contributed by atoms with E-state index in [1.54, 1.807) is 39.8 Å². The zero-order chi connectivity index (χ0) is 28.4. The minimum absolute atomic E-state index is 0.140. The smallest absolute Gasteiger partial charge is 0.329 e. The number of ether oxygens (including phenoxy) is 1. The molecular weight excluding hydrogens is 552 g/mol. The molecule has 38 heavy (non-hydrogen) atoms. The highest BCUT2D eigenvalue weighted by molar-refractivity contribution is 9.05. The lowest BCUT2D eigenvalue weighted by atomic mass is 10.0. The maximum absolute atomic E-state index is 13.2. The van der Waals surface area contributed by atoms with Crippen molar-refractivity contribution in [2.75, 3.05) is 11.5 Å². The highest BCUT2D eigenvalue weighted by atomic mass is 33.5. The normalized spacial score (nSPS) is 31.0. The largest absolute Gasteiger partial charge is 0.456 e. The van der Waals surface area contributed by atoms with Gasteiger partial charge in [-0.1, -0.05) is 50.6 Å². The Hall–Kier alpha value is -2.32. The Labute approximate surface area is 232 Å². The van der Waals surface area contributed by atoms with E-state index >= 15 is 0 Å². The third kappa shape index (κ3) is 9.77. The van der Waals surface area contributed by atoms with E-state index in [1.165, 1.54) is 23.8 Å². The number of hydrogen-bond acceptors (Lipinski definition) is 9. The molecule has 1 saturated heterocycles. The second-order valence-corrected chi connectivity index (χ2v) is 14.7. The van der Waals surface area contributed by atoms with Crippen LogP contribution in [0.1, 0.15) is 47.5 Å². The number of carbonyl (C=O) groups excluding carboxylic acids is 5. The van der Waals surface area contributed by atoms with E-state index in [-0.39, 0.29) is 29.7 Å². The molecule has 2 rings (SSSR count). The van der Waals surface area contributed by atoms with Gasteiger partial charge in [0.1, 0.15) is 29.9 Å². The van der Waals surface area contributed by atoms with Gasteiger partial charge in [0.25, 0.3) is 5.91 Å². The molecule has 4 N–H and O–H groups in total. The summed E-state index contributed by atoms with van der Waals surface area (Å²) in [4.78, 5) is 65.5. The minimum Gasteiger partial charge on any atom is -0.456 e. The molecule has 0 spiro atoms. The summed E-state index contributed by atoms with van der Waals surface area (Å²) < 4.78 is 18.4. The quantitative estimate of drug-likeness (QED) is 0.160. The highest BCUT2D eigenvalue weighted by Crippen LogP contribution is 2.27. The number of rotatable bonds is 2. The van der Waals surface area contributed by atoms with Crippen molar-refractivity contribution in [2.24, 2.45) is 11.8 Å². The number of fused-ring (bicyclic) bond motifs is 7. The number of allylic oxidation sites excluding steroid dienone is 2. The molecule has 2 aliphatic rings. The molecule has 0 aliphatic carbocycles. The summed E-state index contributed by atoms with van der Waals surface area (Å²) >= 11 is 0. The van der Waals surface area contributed by atoms with E-state index < -0.39 is 63.7 Å². The molecule has 212 valence electrons. The molecule has 14 heteroatoms. The van der Waals surface area contributed by atoms with Gasteiger partial charge in [0.15, 0.2) is 0 Å². The van der Waals surface area contributed by atoms with Gasteiger partial charge in [-0.3, -0.25) is 19.2 Å². The Balaban J connectivity index is 2.60. The first-order chi connectivity index (χ1) is 17.9.